The number of aliphatic hydroxyl groups excluding tert-OH is 1. The number of hydrogen-bond donors (Lipinski definition) is 1. The molecule has 0 atom stereocenters. The van der Waals surface area contributed by atoms with E-state index in [1.165, 1.54) is 46.3 Å². The molecule has 0 saturated carbocycles. The van der Waals surface area contributed by atoms with E-state index in [1.54, 1.807) is 17.7 Å². The van der Waals surface area contributed by atoms with Crippen LogP contribution >= 0.6 is 11.3 Å². The maximum absolute atomic E-state index is 10.0. The Hall–Kier alpha value is -2.92. The zero-order chi connectivity index (χ0) is 22.8. The maximum atomic E-state index is 10.0. The number of benzene rings is 3. The van der Waals surface area contributed by atoms with E-state index in [1.807, 2.05) is 0 Å². The normalized spacial score (nSPS) is 11.2. The van der Waals surface area contributed by atoms with E-state index in [4.69, 9.17) is 5.11 Å². The van der Waals surface area contributed by atoms with Gasteiger partial charge in [-0.25, -0.2) is 4.98 Å². The molecule has 3 aromatic carbocycles. The van der Waals surface area contributed by atoms with Crippen LogP contribution in [0.15, 0.2) is 66.7 Å². The third kappa shape index (κ3) is 5.36. The molecule has 1 radical (unpaired) electrons. The van der Waals surface area contributed by atoms with E-state index in [2.05, 4.69) is 78.4 Å². The molecule has 169 valence electrons. The first kappa shape index (κ1) is 24.7. The number of allylic oxidation sites excluding steroid dienone is 2. The van der Waals surface area contributed by atoms with Crippen LogP contribution in [0.2, 0.25) is 0 Å². The van der Waals surface area contributed by atoms with Crippen molar-refractivity contribution >= 4 is 48.2 Å². The number of rotatable bonds is 2. The van der Waals surface area contributed by atoms with Gasteiger partial charge in [0.1, 0.15) is 6.33 Å². The van der Waals surface area contributed by atoms with E-state index < -0.39 is 0 Å². The fourth-order valence-corrected chi connectivity index (χ4v) is 5.02. The molecule has 2 aromatic heterocycles. The predicted molar refractivity (Wildman–Crippen MR) is 133 cm³/mol. The van der Waals surface area contributed by atoms with E-state index >= 15 is 0 Å². The van der Waals surface area contributed by atoms with Crippen LogP contribution in [0.1, 0.15) is 25.0 Å². The van der Waals surface area contributed by atoms with Crippen molar-refractivity contribution < 1.29 is 30.0 Å². The quantitative estimate of drug-likeness (QED) is 0.128. The van der Waals surface area contributed by atoms with Crippen LogP contribution in [-0.4, -0.2) is 20.9 Å². The number of carbonyl (C=O) groups is 1. The average molecular weight is 632 g/mol. The second-order valence-electron chi connectivity index (χ2n) is 7.81. The van der Waals surface area contributed by atoms with Crippen molar-refractivity contribution in [3.63, 3.8) is 0 Å². The first-order valence-corrected chi connectivity index (χ1v) is 11.1. The molecule has 5 rings (SSSR count). The van der Waals surface area contributed by atoms with Crippen molar-refractivity contribution in [2.24, 2.45) is 0 Å². The summed E-state index contributed by atoms with van der Waals surface area (Å²) >= 11 is 1.76. The van der Waals surface area contributed by atoms with Crippen LogP contribution in [0.25, 0.3) is 42.3 Å². The molecule has 0 amide bonds. The summed E-state index contributed by atoms with van der Waals surface area (Å²) in [6.07, 6.45) is 2.84. The number of nitrogens with zero attached hydrogens (tertiary/aromatic N) is 2. The molecule has 6 heteroatoms. The molecule has 0 aliphatic heterocycles. The Bertz CT molecular complexity index is 1480. The average Bonchev–Trinajstić information content (AvgIpc) is 3.11. The van der Waals surface area contributed by atoms with Gasteiger partial charge in [0.25, 0.3) is 0 Å². The Morgan fingerprint density at radius 2 is 1.82 bits per heavy atom. The Kier molecular flexibility index (Phi) is 7.75. The van der Waals surface area contributed by atoms with Gasteiger partial charge in [-0.15, -0.1) is 46.2 Å². The van der Waals surface area contributed by atoms with Crippen LogP contribution in [0.3, 0.4) is 0 Å². The monoisotopic (exact) mass is 632 g/mol. The van der Waals surface area contributed by atoms with Gasteiger partial charge in [-0.05, 0) is 30.7 Å². The second-order valence-corrected chi connectivity index (χ2v) is 8.86. The van der Waals surface area contributed by atoms with Crippen LogP contribution in [-0.2, 0) is 24.9 Å². The standard InChI is InChI=1S/C22H15N2S.C5H8O2.Ir/c1-13-9-14(2)11-16(10-13)20-22-21(24-12-23-20)19-17-6-4-3-5-15(17)7-8-18(19)25-22;1-4(6)3-5(2)7;/h3-10,12H,1-2H3;3,6H,1-2H3;/q-1;;/b;4-3-;. The summed E-state index contributed by atoms with van der Waals surface area (Å²) in [5.74, 6) is -0.0625. The molecule has 5 aromatic rings. The summed E-state index contributed by atoms with van der Waals surface area (Å²) in [5, 5.41) is 12.1. The Labute approximate surface area is 210 Å². The minimum absolute atomic E-state index is 0. The summed E-state index contributed by atoms with van der Waals surface area (Å²) in [6, 6.07) is 20.6. The molecule has 4 nitrogen and oxygen atoms in total. The fourth-order valence-electron chi connectivity index (χ4n) is 3.85. The molecule has 33 heavy (non-hydrogen) atoms. The number of hydrogen-bond acceptors (Lipinski definition) is 5. The van der Waals surface area contributed by atoms with Gasteiger partial charge in [0.15, 0.2) is 5.78 Å². The van der Waals surface area contributed by atoms with Gasteiger partial charge in [0, 0.05) is 46.7 Å². The molecule has 2 heterocycles. The molecular formula is C27H23IrN2O2S-. The zero-order valence-electron chi connectivity index (χ0n) is 18.8. The summed E-state index contributed by atoms with van der Waals surface area (Å²) in [7, 11) is 0. The Balaban J connectivity index is 0.000000337. The minimum atomic E-state index is -0.125. The fraction of sp³-hybridized carbons (Fsp3) is 0.148. The van der Waals surface area contributed by atoms with Crippen LogP contribution in [0.5, 0.6) is 0 Å². The molecule has 0 saturated heterocycles. The van der Waals surface area contributed by atoms with Crippen molar-refractivity contribution in [1.29, 1.82) is 0 Å². The smallest absolute Gasteiger partial charge is 0.155 e. The van der Waals surface area contributed by atoms with Gasteiger partial charge in [0.2, 0.25) is 0 Å². The SMILES string of the molecule is CC(=O)/C=C(/C)O.Cc1[c-]c(-c2ncnc3c2sc2ccc4ccccc4c23)cc(C)c1.[Ir]. The summed E-state index contributed by atoms with van der Waals surface area (Å²) in [6.45, 7) is 7.04. The molecule has 0 fully saturated rings. The van der Waals surface area contributed by atoms with Gasteiger partial charge < -0.3 is 5.11 Å². The molecule has 1 N–H and O–H groups in total. The van der Waals surface area contributed by atoms with Gasteiger partial charge in [0.05, 0.1) is 11.3 Å². The molecule has 0 bridgehead atoms. The van der Waals surface area contributed by atoms with Crippen molar-refractivity contribution in [2.75, 3.05) is 0 Å². The van der Waals surface area contributed by atoms with Crippen molar-refractivity contribution in [3.8, 4) is 11.3 Å². The van der Waals surface area contributed by atoms with E-state index in [0.717, 1.165) is 27.0 Å². The first-order chi connectivity index (χ1) is 15.3. The van der Waals surface area contributed by atoms with Gasteiger partial charge in [-0.3, -0.25) is 9.78 Å². The largest absolute Gasteiger partial charge is 0.512 e. The number of thiophene rings is 1. The Morgan fingerprint density at radius 3 is 2.48 bits per heavy atom. The first-order valence-electron chi connectivity index (χ1n) is 10.3. The van der Waals surface area contributed by atoms with Crippen LogP contribution < -0.4 is 0 Å². The number of aliphatic hydroxyl groups is 1. The summed E-state index contributed by atoms with van der Waals surface area (Å²) in [5.41, 5.74) is 5.41. The Morgan fingerprint density at radius 1 is 1.06 bits per heavy atom. The van der Waals surface area contributed by atoms with Gasteiger partial charge >= 0.3 is 0 Å². The summed E-state index contributed by atoms with van der Waals surface area (Å²) in [4.78, 5) is 19.3. The topological polar surface area (TPSA) is 63.1 Å². The van der Waals surface area contributed by atoms with Crippen molar-refractivity contribution in [2.45, 2.75) is 27.7 Å². The molecule has 0 aliphatic rings. The predicted octanol–water partition coefficient (Wildman–Crippen LogP) is 7.12. The van der Waals surface area contributed by atoms with Crippen molar-refractivity contribution in [1.82, 2.24) is 9.97 Å². The summed E-state index contributed by atoms with van der Waals surface area (Å²) < 4.78 is 2.38. The van der Waals surface area contributed by atoms with E-state index in [9.17, 15) is 4.79 Å². The number of fused-ring (bicyclic) bond motifs is 5. The molecule has 0 aliphatic carbocycles. The number of aromatic nitrogens is 2. The third-order valence-corrected chi connectivity index (χ3v) is 6.11. The molecular weight excluding hydrogens is 609 g/mol. The van der Waals surface area contributed by atoms with E-state index in [-0.39, 0.29) is 31.6 Å². The molecule has 0 spiro atoms. The second kappa shape index (κ2) is 10.3. The number of carbonyl (C=O) groups excluding carboxylic acids is 1. The minimum Gasteiger partial charge on any atom is -0.512 e. The third-order valence-electron chi connectivity index (χ3n) is 4.96. The van der Waals surface area contributed by atoms with Gasteiger partial charge in [-0.2, -0.15) is 0 Å². The van der Waals surface area contributed by atoms with Crippen LogP contribution in [0.4, 0.5) is 0 Å². The zero-order valence-corrected chi connectivity index (χ0v) is 22.0. The number of ketones is 1. The van der Waals surface area contributed by atoms with E-state index in [0.29, 0.717) is 0 Å². The van der Waals surface area contributed by atoms with Crippen molar-refractivity contribution in [3.05, 3.63) is 83.9 Å². The number of aryl methyl sites for hydroxylation is 2. The maximum Gasteiger partial charge on any atom is 0.155 e. The van der Waals surface area contributed by atoms with Gasteiger partial charge in [-0.1, -0.05) is 44.2 Å². The molecule has 0 unspecified atom stereocenters. The van der Waals surface area contributed by atoms with Crippen LogP contribution in [0, 0.1) is 19.9 Å².